The van der Waals surface area contributed by atoms with Gasteiger partial charge in [0, 0.05) is 44.7 Å². The summed E-state index contributed by atoms with van der Waals surface area (Å²) < 4.78 is 12.4. The Kier molecular flexibility index (Phi) is 6.55. The molecule has 1 N–H and O–H groups in total. The largest absolute Gasteiger partial charge is 0.378 e. The number of hydrogen-bond acceptors (Lipinski definition) is 7. The van der Waals surface area contributed by atoms with Crippen LogP contribution < -0.4 is 15.1 Å². The van der Waals surface area contributed by atoms with Crippen molar-refractivity contribution in [3.8, 4) is 11.4 Å². The lowest BCUT2D eigenvalue weighted by Gasteiger charge is -2.28. The third kappa shape index (κ3) is 4.93. The number of benzene rings is 1. The quantitative estimate of drug-likeness (QED) is 0.458. The van der Waals surface area contributed by atoms with Crippen LogP contribution in [0, 0.1) is 0 Å². The second-order valence-corrected chi connectivity index (χ2v) is 8.20. The summed E-state index contributed by atoms with van der Waals surface area (Å²) in [6.07, 6.45) is 3.54. The van der Waals surface area contributed by atoms with E-state index in [0.29, 0.717) is 31.3 Å². The Bertz CT molecular complexity index is 1300. The zero-order chi connectivity index (χ0) is 24.2. The Morgan fingerprint density at radius 1 is 1.14 bits per heavy atom. The Balaban J connectivity index is 1.33. The fourth-order valence-electron chi connectivity index (χ4n) is 3.94. The predicted octanol–water partition coefficient (Wildman–Crippen LogP) is 3.44. The highest BCUT2D eigenvalue weighted by Crippen LogP contribution is 2.26. The lowest BCUT2D eigenvalue weighted by molar-refractivity contribution is 0.122. The number of morpholine rings is 1. The van der Waals surface area contributed by atoms with Gasteiger partial charge in [-0.2, -0.15) is 0 Å². The second-order valence-electron chi connectivity index (χ2n) is 8.20. The fraction of sp³-hybridized carbons (Fsp3) is 0.280. The van der Waals surface area contributed by atoms with E-state index in [1.807, 2.05) is 53.2 Å². The molecule has 0 radical (unpaired) electrons. The number of anilines is 3. The smallest absolute Gasteiger partial charge is 0.326 e. The highest BCUT2D eigenvalue weighted by atomic mass is 16.5. The van der Waals surface area contributed by atoms with Crippen LogP contribution in [-0.4, -0.2) is 66.1 Å². The zero-order valence-corrected chi connectivity index (χ0v) is 19.7. The summed E-state index contributed by atoms with van der Waals surface area (Å²) in [7, 11) is 3.33. The Morgan fingerprint density at radius 3 is 2.66 bits per heavy atom. The van der Waals surface area contributed by atoms with Crippen molar-refractivity contribution in [2.24, 2.45) is 0 Å². The number of nitrogens with zero attached hydrogens (tertiary/aromatic N) is 6. The summed E-state index contributed by atoms with van der Waals surface area (Å²) >= 11 is 0. The van der Waals surface area contributed by atoms with Crippen LogP contribution in [-0.2, 0) is 16.1 Å². The molecule has 35 heavy (non-hydrogen) atoms. The summed E-state index contributed by atoms with van der Waals surface area (Å²) in [4.78, 5) is 25.7. The highest BCUT2D eigenvalue weighted by Gasteiger charge is 2.18. The number of rotatable bonds is 6. The van der Waals surface area contributed by atoms with E-state index in [1.54, 1.807) is 31.3 Å². The van der Waals surface area contributed by atoms with Crippen molar-refractivity contribution in [3.63, 3.8) is 0 Å². The number of carbonyl (C=O) groups excluding carboxylic acids is 1. The number of hydrogen-bond donors (Lipinski definition) is 1. The molecule has 3 aromatic heterocycles. The fourth-order valence-corrected chi connectivity index (χ4v) is 3.94. The van der Waals surface area contributed by atoms with Gasteiger partial charge in [0.1, 0.15) is 5.52 Å². The molecule has 5 rings (SSSR count). The van der Waals surface area contributed by atoms with Gasteiger partial charge in [0.15, 0.2) is 11.6 Å². The number of fused-ring (bicyclic) bond motifs is 1. The number of methoxy groups -OCH3 is 1. The second kappa shape index (κ2) is 10.1. The molecule has 0 spiro atoms. The maximum atomic E-state index is 12.7. The number of carbonyl (C=O) groups is 1. The molecule has 1 aliphatic rings. The number of urea groups is 1. The lowest BCUT2D eigenvalue weighted by Crippen LogP contribution is -2.37. The van der Waals surface area contributed by atoms with Gasteiger partial charge >= 0.3 is 6.03 Å². The minimum atomic E-state index is -0.265. The van der Waals surface area contributed by atoms with E-state index in [9.17, 15) is 4.79 Å². The van der Waals surface area contributed by atoms with Crippen molar-refractivity contribution in [1.82, 2.24) is 19.6 Å². The number of amides is 2. The summed E-state index contributed by atoms with van der Waals surface area (Å²) in [5.74, 6) is 1.52. The molecule has 0 saturated carbocycles. The van der Waals surface area contributed by atoms with Gasteiger partial charge in [-0.3, -0.25) is 9.88 Å². The molecular formula is C25H27N7O3. The van der Waals surface area contributed by atoms with Gasteiger partial charge in [-0.1, -0.05) is 0 Å². The van der Waals surface area contributed by atoms with Crippen LogP contribution in [0.25, 0.3) is 16.9 Å². The van der Waals surface area contributed by atoms with Crippen LogP contribution >= 0.6 is 0 Å². The molecule has 0 unspecified atom stereocenters. The SMILES string of the molecule is COCc1ccc(NC(=O)N(C)c2ccc(-c3nc(N4CCOCC4)c4cccn4n3)cc2)cn1. The van der Waals surface area contributed by atoms with E-state index in [-0.39, 0.29) is 6.03 Å². The topological polar surface area (TPSA) is 97.1 Å². The predicted molar refractivity (Wildman–Crippen MR) is 134 cm³/mol. The first-order valence-corrected chi connectivity index (χ1v) is 11.4. The summed E-state index contributed by atoms with van der Waals surface area (Å²) in [5.41, 5.74) is 3.98. The summed E-state index contributed by atoms with van der Waals surface area (Å²) in [6, 6.07) is 15.0. The molecule has 10 nitrogen and oxygen atoms in total. The molecule has 10 heteroatoms. The van der Waals surface area contributed by atoms with Gasteiger partial charge in [-0.05, 0) is 48.5 Å². The van der Waals surface area contributed by atoms with Crippen LogP contribution in [0.15, 0.2) is 60.9 Å². The van der Waals surface area contributed by atoms with Gasteiger partial charge in [0.25, 0.3) is 0 Å². The number of ether oxygens (including phenoxy) is 2. The number of aromatic nitrogens is 4. The van der Waals surface area contributed by atoms with Crippen molar-refractivity contribution in [2.45, 2.75) is 6.61 Å². The highest BCUT2D eigenvalue weighted by molar-refractivity contribution is 6.01. The molecule has 4 heterocycles. The summed E-state index contributed by atoms with van der Waals surface area (Å²) in [6.45, 7) is 3.38. The Morgan fingerprint density at radius 2 is 1.94 bits per heavy atom. The van der Waals surface area contributed by atoms with E-state index in [1.165, 1.54) is 0 Å². The van der Waals surface area contributed by atoms with E-state index < -0.39 is 0 Å². The van der Waals surface area contributed by atoms with Crippen LogP contribution in [0.2, 0.25) is 0 Å². The van der Waals surface area contributed by atoms with Gasteiger partial charge in [0.05, 0.1) is 37.4 Å². The monoisotopic (exact) mass is 473 g/mol. The normalized spacial score (nSPS) is 13.7. The molecule has 1 aliphatic heterocycles. The molecule has 0 aliphatic carbocycles. The van der Waals surface area contributed by atoms with Gasteiger partial charge in [0.2, 0.25) is 0 Å². The third-order valence-electron chi connectivity index (χ3n) is 5.87. The summed E-state index contributed by atoms with van der Waals surface area (Å²) in [5, 5.41) is 7.54. The first kappa shape index (κ1) is 22.8. The molecule has 0 bridgehead atoms. The number of nitrogens with one attached hydrogen (secondary N) is 1. The maximum absolute atomic E-state index is 12.7. The molecule has 2 amide bonds. The van der Waals surface area contributed by atoms with E-state index in [0.717, 1.165) is 41.4 Å². The van der Waals surface area contributed by atoms with Crippen molar-refractivity contribution >= 4 is 28.7 Å². The van der Waals surface area contributed by atoms with Crippen LogP contribution in [0.3, 0.4) is 0 Å². The Labute approximate surface area is 203 Å². The maximum Gasteiger partial charge on any atom is 0.326 e. The molecule has 0 atom stereocenters. The van der Waals surface area contributed by atoms with Gasteiger partial charge in [-0.25, -0.2) is 14.3 Å². The first-order valence-electron chi connectivity index (χ1n) is 11.4. The van der Waals surface area contributed by atoms with Crippen molar-refractivity contribution in [2.75, 3.05) is 55.6 Å². The van der Waals surface area contributed by atoms with E-state index in [2.05, 4.69) is 20.3 Å². The molecule has 180 valence electrons. The number of pyridine rings is 1. The van der Waals surface area contributed by atoms with Gasteiger partial charge in [-0.15, -0.1) is 5.10 Å². The molecular weight excluding hydrogens is 446 g/mol. The van der Waals surface area contributed by atoms with Crippen molar-refractivity contribution < 1.29 is 14.3 Å². The minimum Gasteiger partial charge on any atom is -0.378 e. The average molecular weight is 474 g/mol. The lowest BCUT2D eigenvalue weighted by atomic mass is 10.2. The molecule has 1 saturated heterocycles. The standard InChI is InChI=1S/C25H27N7O3/c1-30(25(33)27-19-7-8-20(17-34-2)26-16-19)21-9-5-18(6-10-21)23-28-24(31-12-14-35-15-13-31)22-4-3-11-32(22)29-23/h3-11,16H,12-15,17H2,1-2H3,(H,27,33). The Hall–Kier alpha value is -4.02. The third-order valence-corrected chi connectivity index (χ3v) is 5.87. The van der Waals surface area contributed by atoms with Crippen LogP contribution in [0.1, 0.15) is 5.69 Å². The average Bonchev–Trinajstić information content (AvgIpc) is 3.38. The van der Waals surface area contributed by atoms with Crippen LogP contribution in [0.5, 0.6) is 0 Å². The van der Waals surface area contributed by atoms with Crippen molar-refractivity contribution in [3.05, 3.63) is 66.6 Å². The van der Waals surface area contributed by atoms with Gasteiger partial charge < -0.3 is 19.7 Å². The minimum absolute atomic E-state index is 0.265. The zero-order valence-electron chi connectivity index (χ0n) is 19.7. The molecule has 1 fully saturated rings. The first-order chi connectivity index (χ1) is 17.1. The molecule has 1 aromatic carbocycles. The van der Waals surface area contributed by atoms with Crippen LogP contribution in [0.4, 0.5) is 22.0 Å². The van der Waals surface area contributed by atoms with Crippen molar-refractivity contribution in [1.29, 1.82) is 0 Å². The van der Waals surface area contributed by atoms with E-state index in [4.69, 9.17) is 14.5 Å². The van der Waals surface area contributed by atoms with E-state index >= 15 is 0 Å². The molecule has 4 aromatic rings.